The Bertz CT molecular complexity index is 1760. The van der Waals surface area contributed by atoms with Crippen LogP contribution in [-0.4, -0.2) is 65.2 Å². The number of aliphatic carboxylic acids is 1. The van der Waals surface area contributed by atoms with E-state index in [1.54, 1.807) is 25.3 Å². The topological polar surface area (TPSA) is 126 Å². The van der Waals surface area contributed by atoms with Crippen molar-refractivity contribution in [1.82, 2.24) is 9.78 Å². The molecule has 1 aliphatic rings. The lowest BCUT2D eigenvalue weighted by molar-refractivity contribution is -0.142. The van der Waals surface area contributed by atoms with Crippen LogP contribution in [0.2, 0.25) is 0 Å². The number of carbonyl (C=O) groups is 3. The second kappa shape index (κ2) is 12.9. The van der Waals surface area contributed by atoms with E-state index in [0.29, 0.717) is 18.8 Å². The van der Waals surface area contributed by atoms with Gasteiger partial charge in [0.05, 0.1) is 29.4 Å². The summed E-state index contributed by atoms with van der Waals surface area (Å²) in [5.41, 5.74) is 0.878. The van der Waals surface area contributed by atoms with Gasteiger partial charge in [-0.15, -0.1) is 0 Å². The van der Waals surface area contributed by atoms with Gasteiger partial charge in [-0.1, -0.05) is 18.2 Å². The zero-order chi connectivity index (χ0) is 32.3. The van der Waals surface area contributed by atoms with Crippen molar-refractivity contribution in [1.29, 1.82) is 0 Å². The van der Waals surface area contributed by atoms with Crippen LogP contribution < -0.4 is 15.5 Å². The van der Waals surface area contributed by atoms with Crippen LogP contribution in [0.25, 0.3) is 10.9 Å². The number of hydrogen-bond acceptors (Lipinski definition) is 6. The Labute approximate surface area is 254 Å². The highest BCUT2D eigenvalue weighted by atomic mass is 19.4. The molecule has 1 fully saturated rings. The molecule has 1 aromatic heterocycles. The minimum absolute atomic E-state index is 0.0567. The van der Waals surface area contributed by atoms with Gasteiger partial charge < -0.3 is 25.4 Å². The van der Waals surface area contributed by atoms with E-state index in [1.165, 1.54) is 30.3 Å². The van der Waals surface area contributed by atoms with Gasteiger partial charge in [0.15, 0.2) is 5.69 Å². The second-order valence-electron chi connectivity index (χ2n) is 10.6. The average Bonchev–Trinajstić information content (AvgIpc) is 3.35. The summed E-state index contributed by atoms with van der Waals surface area (Å²) in [4.78, 5) is 40.2. The van der Waals surface area contributed by atoms with Gasteiger partial charge in [-0.25, -0.2) is 4.39 Å². The molecule has 2 amide bonds. The summed E-state index contributed by atoms with van der Waals surface area (Å²) in [5.74, 6) is -3.33. The van der Waals surface area contributed by atoms with E-state index in [9.17, 15) is 37.1 Å². The molecule has 3 N–H and O–H groups in total. The van der Waals surface area contributed by atoms with Crippen molar-refractivity contribution in [2.45, 2.75) is 38.1 Å². The van der Waals surface area contributed by atoms with E-state index in [-0.39, 0.29) is 45.2 Å². The Kier molecular flexibility index (Phi) is 9.04. The van der Waals surface area contributed by atoms with Gasteiger partial charge in [0.1, 0.15) is 12.4 Å². The number of nitrogens with one attached hydrogen (secondary N) is 2. The number of nitrogens with zero attached hydrogens (tertiary/aromatic N) is 3. The SMILES string of the molecule is COC1CCCN(c2ccc(C(=O)Nc3ccc(F)cc3CC(=O)O)cc2NC(=O)c2nn(CC(F)(F)F)c3ccccc23)C1. The molecule has 0 radical (unpaired) electrons. The predicted molar refractivity (Wildman–Crippen MR) is 158 cm³/mol. The summed E-state index contributed by atoms with van der Waals surface area (Å²) in [6.07, 6.45) is -3.57. The fraction of sp³-hybridized carbons (Fsp3) is 0.290. The van der Waals surface area contributed by atoms with Crippen LogP contribution in [-0.2, 0) is 22.5 Å². The molecule has 0 aliphatic carbocycles. The van der Waals surface area contributed by atoms with Crippen LogP contribution >= 0.6 is 0 Å². The van der Waals surface area contributed by atoms with Gasteiger partial charge in [-0.05, 0) is 60.9 Å². The zero-order valence-corrected chi connectivity index (χ0v) is 24.0. The van der Waals surface area contributed by atoms with Gasteiger partial charge >= 0.3 is 12.1 Å². The summed E-state index contributed by atoms with van der Waals surface area (Å²) >= 11 is 0. The zero-order valence-electron chi connectivity index (χ0n) is 24.0. The number of anilines is 3. The van der Waals surface area contributed by atoms with Crippen LogP contribution in [0.1, 0.15) is 39.3 Å². The van der Waals surface area contributed by atoms with Crippen molar-refractivity contribution < 1.29 is 41.8 Å². The molecule has 3 aromatic carbocycles. The Hall–Kier alpha value is -4.98. The first-order chi connectivity index (χ1) is 21.4. The fourth-order valence-corrected chi connectivity index (χ4v) is 5.36. The van der Waals surface area contributed by atoms with Crippen molar-refractivity contribution in [3.8, 4) is 0 Å². The van der Waals surface area contributed by atoms with Crippen molar-refractivity contribution in [2.75, 3.05) is 35.7 Å². The Morgan fingerprint density at radius 3 is 2.51 bits per heavy atom. The van der Waals surface area contributed by atoms with Crippen molar-refractivity contribution in [3.05, 3.63) is 83.3 Å². The molecule has 1 aliphatic heterocycles. The van der Waals surface area contributed by atoms with Crippen LogP contribution in [0, 0.1) is 5.82 Å². The minimum Gasteiger partial charge on any atom is -0.481 e. The number of methoxy groups -OCH3 is 1. The summed E-state index contributed by atoms with van der Waals surface area (Å²) < 4.78 is 59.9. The fourth-order valence-electron chi connectivity index (χ4n) is 5.36. The molecule has 1 unspecified atom stereocenters. The van der Waals surface area contributed by atoms with E-state index in [4.69, 9.17) is 4.74 Å². The maximum absolute atomic E-state index is 13.8. The highest BCUT2D eigenvalue weighted by molar-refractivity contribution is 6.13. The number of aromatic nitrogens is 2. The number of rotatable bonds is 9. The lowest BCUT2D eigenvalue weighted by atomic mass is 10.0. The molecule has 1 atom stereocenters. The number of carboxylic acids is 1. The van der Waals surface area contributed by atoms with Gasteiger partial charge in [0.25, 0.3) is 11.8 Å². The number of fused-ring (bicyclic) bond motifs is 1. The van der Waals surface area contributed by atoms with E-state index in [1.807, 2.05) is 4.90 Å². The number of alkyl halides is 3. The number of carbonyl (C=O) groups excluding carboxylic acids is 2. The molecule has 45 heavy (non-hydrogen) atoms. The van der Waals surface area contributed by atoms with Crippen LogP contribution in [0.5, 0.6) is 0 Å². The number of benzene rings is 3. The maximum Gasteiger partial charge on any atom is 0.408 e. The third-order valence-electron chi connectivity index (χ3n) is 7.42. The van der Waals surface area contributed by atoms with Crippen molar-refractivity contribution in [2.24, 2.45) is 0 Å². The van der Waals surface area contributed by atoms with Gasteiger partial charge in [0.2, 0.25) is 0 Å². The van der Waals surface area contributed by atoms with Crippen LogP contribution in [0.3, 0.4) is 0 Å². The summed E-state index contributed by atoms with van der Waals surface area (Å²) in [6, 6.07) is 14.0. The van der Waals surface area contributed by atoms with Crippen LogP contribution in [0.15, 0.2) is 60.7 Å². The quantitative estimate of drug-likeness (QED) is 0.210. The number of hydrogen-bond donors (Lipinski definition) is 3. The van der Waals surface area contributed by atoms with E-state index in [0.717, 1.165) is 29.7 Å². The maximum atomic E-state index is 13.8. The molecular weight excluding hydrogens is 598 g/mol. The first kappa shape index (κ1) is 31.4. The molecule has 0 bridgehead atoms. The third-order valence-corrected chi connectivity index (χ3v) is 7.42. The van der Waals surface area contributed by atoms with Crippen molar-refractivity contribution in [3.63, 3.8) is 0 Å². The highest BCUT2D eigenvalue weighted by Crippen LogP contribution is 2.32. The van der Waals surface area contributed by atoms with Gasteiger partial charge in [0, 0.05) is 36.8 Å². The summed E-state index contributed by atoms with van der Waals surface area (Å²) in [5, 5.41) is 18.8. The number of ether oxygens (including phenoxy) is 1. The molecule has 5 rings (SSSR count). The van der Waals surface area contributed by atoms with E-state index < -0.39 is 42.7 Å². The standard InChI is InChI=1S/C31H29F4N5O5/c1-45-21-5-4-12-39(16-21)26-11-8-18(29(43)36-23-10-9-20(32)13-19(23)15-27(41)42)14-24(26)37-30(44)28-22-6-2-3-7-25(22)40(38-28)17-31(33,34)35/h2-3,6-11,13-14,21H,4-5,12,15-17H2,1H3,(H,36,43)(H,37,44)(H,41,42). The molecule has 0 spiro atoms. The molecular formula is C31H29F4N5O5. The number of carboxylic acid groups (broad SMARTS) is 1. The summed E-state index contributed by atoms with van der Waals surface area (Å²) in [6.45, 7) is -0.283. The van der Waals surface area contributed by atoms with Gasteiger partial charge in [-0.3, -0.25) is 19.1 Å². The minimum atomic E-state index is -4.57. The Morgan fingerprint density at radius 2 is 1.78 bits per heavy atom. The molecule has 236 valence electrons. The lowest BCUT2D eigenvalue weighted by Crippen LogP contribution is -2.39. The van der Waals surface area contributed by atoms with E-state index in [2.05, 4.69) is 15.7 Å². The lowest BCUT2D eigenvalue weighted by Gasteiger charge is -2.35. The third kappa shape index (κ3) is 7.40. The van der Waals surface area contributed by atoms with Crippen LogP contribution in [0.4, 0.5) is 34.6 Å². The van der Waals surface area contributed by atoms with Gasteiger partial charge in [-0.2, -0.15) is 18.3 Å². The monoisotopic (exact) mass is 627 g/mol. The normalized spacial score (nSPS) is 15.2. The second-order valence-corrected chi connectivity index (χ2v) is 10.6. The number of amides is 2. The molecule has 1 saturated heterocycles. The first-order valence-corrected chi connectivity index (χ1v) is 14.0. The summed E-state index contributed by atoms with van der Waals surface area (Å²) in [7, 11) is 1.60. The molecule has 4 aromatic rings. The Balaban J connectivity index is 1.50. The molecule has 2 heterocycles. The highest BCUT2D eigenvalue weighted by Gasteiger charge is 2.31. The number of halogens is 4. The van der Waals surface area contributed by atoms with E-state index >= 15 is 0 Å². The smallest absolute Gasteiger partial charge is 0.408 e. The molecule has 14 heteroatoms. The largest absolute Gasteiger partial charge is 0.481 e. The Morgan fingerprint density at radius 1 is 1.02 bits per heavy atom. The van der Waals surface area contributed by atoms with Crippen molar-refractivity contribution >= 4 is 45.7 Å². The molecule has 0 saturated carbocycles. The number of para-hydroxylation sites is 1. The first-order valence-electron chi connectivity index (χ1n) is 14.0. The average molecular weight is 628 g/mol. The number of piperidine rings is 1. The predicted octanol–water partition coefficient (Wildman–Crippen LogP) is 5.48. The molecule has 10 nitrogen and oxygen atoms in total.